The van der Waals surface area contributed by atoms with Crippen LogP contribution >= 0.6 is 0 Å². The minimum atomic E-state index is -1.07. The van der Waals surface area contributed by atoms with Gasteiger partial charge in [-0.15, -0.1) is 0 Å². The Balaban J connectivity index is 4.46. The molecular weight excluding hydrogens is 186 g/mol. The molecule has 0 aliphatic heterocycles. The summed E-state index contributed by atoms with van der Waals surface area (Å²) in [7, 11) is 1.30. The highest BCUT2D eigenvalue weighted by molar-refractivity contribution is 5.72. The molecular formula is C9H17NO4. The van der Waals surface area contributed by atoms with Crippen LogP contribution in [-0.4, -0.2) is 23.5 Å². The van der Waals surface area contributed by atoms with Gasteiger partial charge in [-0.1, -0.05) is 6.92 Å². The lowest BCUT2D eigenvalue weighted by molar-refractivity contribution is -0.562. The number of rotatable bonds is 5. The van der Waals surface area contributed by atoms with Gasteiger partial charge >= 0.3 is 5.97 Å². The van der Waals surface area contributed by atoms with Crippen molar-refractivity contribution in [2.75, 3.05) is 7.11 Å². The van der Waals surface area contributed by atoms with E-state index in [1.165, 1.54) is 21.0 Å². The third-order valence-corrected chi connectivity index (χ3v) is 2.27. The van der Waals surface area contributed by atoms with E-state index in [0.717, 1.165) is 0 Å². The first kappa shape index (κ1) is 12.9. The van der Waals surface area contributed by atoms with Gasteiger partial charge in [-0.2, -0.15) is 0 Å². The molecule has 1 unspecified atom stereocenters. The molecule has 0 aromatic carbocycles. The van der Waals surface area contributed by atoms with Gasteiger partial charge in [-0.3, -0.25) is 14.9 Å². The van der Waals surface area contributed by atoms with Crippen LogP contribution in [0.25, 0.3) is 0 Å². The molecule has 0 aliphatic carbocycles. The number of carbonyl (C=O) groups excluding carboxylic acids is 1. The zero-order valence-corrected chi connectivity index (χ0v) is 9.07. The molecule has 0 saturated carbocycles. The fourth-order valence-corrected chi connectivity index (χ4v) is 1.24. The fraction of sp³-hybridized carbons (Fsp3) is 0.889. The molecule has 0 bridgehead atoms. The molecule has 5 nitrogen and oxygen atoms in total. The van der Waals surface area contributed by atoms with E-state index < -0.39 is 5.54 Å². The summed E-state index contributed by atoms with van der Waals surface area (Å²) in [6.07, 6.45) is 0.771. The predicted octanol–water partition coefficient (Wildman–Crippen LogP) is 1.63. The van der Waals surface area contributed by atoms with Gasteiger partial charge in [-0.25, -0.2) is 0 Å². The molecule has 0 saturated heterocycles. The van der Waals surface area contributed by atoms with Gasteiger partial charge in [0.2, 0.25) is 5.54 Å². The Labute approximate surface area is 83.6 Å². The minimum absolute atomic E-state index is 0.211. The Kier molecular flexibility index (Phi) is 4.53. The number of hydrogen-bond donors (Lipinski definition) is 0. The summed E-state index contributed by atoms with van der Waals surface area (Å²) in [4.78, 5) is 21.5. The molecule has 1 atom stereocenters. The van der Waals surface area contributed by atoms with Crippen LogP contribution in [0.1, 0.15) is 33.6 Å². The summed E-state index contributed by atoms with van der Waals surface area (Å²) in [5.74, 6) is -0.761. The lowest BCUT2D eigenvalue weighted by Gasteiger charge is -2.20. The van der Waals surface area contributed by atoms with Crippen molar-refractivity contribution in [2.24, 2.45) is 5.92 Å². The van der Waals surface area contributed by atoms with Gasteiger partial charge in [0, 0.05) is 25.2 Å². The summed E-state index contributed by atoms with van der Waals surface area (Å²) in [6.45, 7) is 4.84. The number of nitrogens with zero attached hydrogens (tertiary/aromatic N) is 1. The van der Waals surface area contributed by atoms with E-state index in [0.29, 0.717) is 6.42 Å². The second-order valence-electron chi connectivity index (χ2n) is 3.90. The van der Waals surface area contributed by atoms with Crippen LogP contribution in [0.5, 0.6) is 0 Å². The molecule has 0 heterocycles. The van der Waals surface area contributed by atoms with E-state index in [4.69, 9.17) is 0 Å². The molecule has 14 heavy (non-hydrogen) atoms. The highest BCUT2D eigenvalue weighted by Crippen LogP contribution is 2.22. The van der Waals surface area contributed by atoms with Crippen molar-refractivity contribution in [1.29, 1.82) is 0 Å². The molecule has 0 aromatic heterocycles. The van der Waals surface area contributed by atoms with Crippen LogP contribution in [0.2, 0.25) is 0 Å². The SMILES string of the molecule is CCC(CC(C)(C)[N+](=O)[O-])C(=O)OC. The molecule has 0 amide bonds. The molecule has 0 spiro atoms. The van der Waals surface area contributed by atoms with Gasteiger partial charge in [0.25, 0.3) is 0 Å². The van der Waals surface area contributed by atoms with Crippen molar-refractivity contribution in [3.63, 3.8) is 0 Å². The highest BCUT2D eigenvalue weighted by Gasteiger charge is 2.36. The zero-order chi connectivity index (χ0) is 11.4. The predicted molar refractivity (Wildman–Crippen MR) is 51.5 cm³/mol. The molecule has 5 heteroatoms. The van der Waals surface area contributed by atoms with Crippen LogP contribution in [-0.2, 0) is 9.53 Å². The lowest BCUT2D eigenvalue weighted by Crippen LogP contribution is -2.35. The zero-order valence-electron chi connectivity index (χ0n) is 9.07. The number of esters is 1. The molecule has 0 rings (SSSR count). The number of hydrogen-bond acceptors (Lipinski definition) is 4. The van der Waals surface area contributed by atoms with E-state index in [-0.39, 0.29) is 23.2 Å². The molecule has 82 valence electrons. The molecule has 0 radical (unpaired) electrons. The average Bonchev–Trinajstić information content (AvgIpc) is 2.12. The third-order valence-electron chi connectivity index (χ3n) is 2.27. The van der Waals surface area contributed by atoms with Crippen molar-refractivity contribution < 1.29 is 14.5 Å². The monoisotopic (exact) mass is 203 g/mol. The second-order valence-corrected chi connectivity index (χ2v) is 3.90. The smallest absolute Gasteiger partial charge is 0.308 e. The number of methoxy groups -OCH3 is 1. The summed E-state index contributed by atoms with van der Waals surface area (Å²) < 4.78 is 4.57. The summed E-state index contributed by atoms with van der Waals surface area (Å²) in [6, 6.07) is 0. The average molecular weight is 203 g/mol. The normalized spacial score (nSPS) is 13.4. The summed E-state index contributed by atoms with van der Waals surface area (Å²) >= 11 is 0. The van der Waals surface area contributed by atoms with Crippen LogP contribution in [0, 0.1) is 16.0 Å². The Morgan fingerprint density at radius 1 is 1.57 bits per heavy atom. The van der Waals surface area contributed by atoms with E-state index in [2.05, 4.69) is 4.74 Å². The first-order chi connectivity index (χ1) is 6.35. The van der Waals surface area contributed by atoms with Crippen LogP contribution in [0.3, 0.4) is 0 Å². The number of nitro groups is 1. The second kappa shape index (κ2) is 4.93. The van der Waals surface area contributed by atoms with Crippen molar-refractivity contribution in [2.45, 2.75) is 39.2 Å². The van der Waals surface area contributed by atoms with E-state index in [1.807, 2.05) is 6.92 Å². The largest absolute Gasteiger partial charge is 0.469 e. The standard InChI is InChI=1S/C9H17NO4/c1-5-7(8(11)14-4)6-9(2,3)10(12)13/h7H,5-6H2,1-4H3. The van der Waals surface area contributed by atoms with Crippen molar-refractivity contribution in [3.8, 4) is 0 Å². The summed E-state index contributed by atoms with van der Waals surface area (Å²) in [5.41, 5.74) is -1.07. The van der Waals surface area contributed by atoms with Gasteiger partial charge in [0.15, 0.2) is 0 Å². The van der Waals surface area contributed by atoms with Crippen LogP contribution in [0.4, 0.5) is 0 Å². The van der Waals surface area contributed by atoms with E-state index >= 15 is 0 Å². The minimum Gasteiger partial charge on any atom is -0.469 e. The quantitative estimate of drug-likeness (QED) is 0.387. The topological polar surface area (TPSA) is 69.4 Å². The summed E-state index contributed by atoms with van der Waals surface area (Å²) in [5, 5.41) is 10.6. The maximum atomic E-state index is 11.2. The van der Waals surface area contributed by atoms with Gasteiger partial charge in [0.05, 0.1) is 13.0 Å². The molecule has 0 aliphatic rings. The lowest BCUT2D eigenvalue weighted by atomic mass is 9.89. The number of ether oxygens (including phenoxy) is 1. The van der Waals surface area contributed by atoms with Crippen molar-refractivity contribution >= 4 is 5.97 Å². The Hall–Kier alpha value is -1.13. The Bertz CT molecular complexity index is 225. The van der Waals surface area contributed by atoms with Crippen molar-refractivity contribution in [3.05, 3.63) is 10.1 Å². The van der Waals surface area contributed by atoms with Gasteiger partial charge < -0.3 is 4.74 Å². The molecule has 0 fully saturated rings. The van der Waals surface area contributed by atoms with Crippen molar-refractivity contribution in [1.82, 2.24) is 0 Å². The third kappa shape index (κ3) is 3.32. The van der Waals surface area contributed by atoms with E-state index in [1.54, 1.807) is 0 Å². The Morgan fingerprint density at radius 3 is 2.36 bits per heavy atom. The Morgan fingerprint density at radius 2 is 2.07 bits per heavy atom. The highest BCUT2D eigenvalue weighted by atomic mass is 16.6. The fourth-order valence-electron chi connectivity index (χ4n) is 1.24. The van der Waals surface area contributed by atoms with Crippen LogP contribution in [0.15, 0.2) is 0 Å². The van der Waals surface area contributed by atoms with Gasteiger partial charge in [0.1, 0.15) is 0 Å². The van der Waals surface area contributed by atoms with Crippen LogP contribution < -0.4 is 0 Å². The number of carbonyl (C=O) groups is 1. The molecule has 0 aromatic rings. The maximum absolute atomic E-state index is 11.2. The molecule has 0 N–H and O–H groups in total. The maximum Gasteiger partial charge on any atom is 0.308 e. The van der Waals surface area contributed by atoms with Gasteiger partial charge in [-0.05, 0) is 6.42 Å². The first-order valence-electron chi connectivity index (χ1n) is 4.57. The van der Waals surface area contributed by atoms with E-state index in [9.17, 15) is 14.9 Å². The first-order valence-corrected chi connectivity index (χ1v) is 4.57.